The lowest BCUT2D eigenvalue weighted by Gasteiger charge is -2.37. The summed E-state index contributed by atoms with van der Waals surface area (Å²) in [6.07, 6.45) is 5.98. The molecule has 2 aliphatic heterocycles. The molecule has 2 saturated heterocycles. The number of hydrogen-bond donors (Lipinski definition) is 1. The highest BCUT2D eigenvalue weighted by Crippen LogP contribution is 2.44. The lowest BCUT2D eigenvalue weighted by Crippen LogP contribution is -2.52. The first-order valence-corrected chi connectivity index (χ1v) is 9.68. The maximum atomic E-state index is 12.7. The van der Waals surface area contributed by atoms with Crippen LogP contribution in [0.1, 0.15) is 43.6 Å². The fraction of sp³-hybridized carbons (Fsp3) is 0.650. The van der Waals surface area contributed by atoms with Gasteiger partial charge in [0, 0.05) is 31.1 Å². The van der Waals surface area contributed by atoms with Crippen LogP contribution < -0.4 is 10.1 Å². The van der Waals surface area contributed by atoms with Crippen molar-refractivity contribution in [3.63, 3.8) is 0 Å². The number of benzene rings is 1. The molecule has 0 radical (unpaired) electrons. The normalized spacial score (nSPS) is 29.5. The molecule has 5 heteroatoms. The zero-order chi connectivity index (χ0) is 17.2. The van der Waals surface area contributed by atoms with Crippen molar-refractivity contribution in [1.82, 2.24) is 15.1 Å². The average Bonchev–Trinajstić information content (AvgIpc) is 3.19. The highest BCUT2D eigenvalue weighted by Gasteiger charge is 2.42. The van der Waals surface area contributed by atoms with Crippen LogP contribution >= 0.6 is 0 Å². The Balaban J connectivity index is 1.32. The summed E-state index contributed by atoms with van der Waals surface area (Å²) in [7, 11) is 1.71. The van der Waals surface area contributed by atoms with E-state index in [-0.39, 0.29) is 12.1 Å². The molecule has 0 aromatic heterocycles. The zero-order valence-electron chi connectivity index (χ0n) is 15.1. The van der Waals surface area contributed by atoms with E-state index in [9.17, 15) is 4.79 Å². The number of likely N-dealkylation sites (tertiary alicyclic amines) is 2. The Hall–Kier alpha value is -1.75. The van der Waals surface area contributed by atoms with Crippen molar-refractivity contribution in [3.8, 4) is 5.75 Å². The molecule has 3 aliphatic rings. The molecule has 3 fully saturated rings. The van der Waals surface area contributed by atoms with Gasteiger partial charge in [-0.3, -0.25) is 4.90 Å². The van der Waals surface area contributed by atoms with Crippen LogP contribution in [0.25, 0.3) is 0 Å². The van der Waals surface area contributed by atoms with Crippen LogP contribution in [0.3, 0.4) is 0 Å². The van der Waals surface area contributed by atoms with Gasteiger partial charge in [-0.2, -0.15) is 0 Å². The van der Waals surface area contributed by atoms with Crippen molar-refractivity contribution in [2.75, 3.05) is 33.3 Å². The fourth-order valence-corrected chi connectivity index (χ4v) is 4.46. The van der Waals surface area contributed by atoms with Gasteiger partial charge in [0.15, 0.2) is 0 Å². The molecule has 4 rings (SSSR count). The molecule has 25 heavy (non-hydrogen) atoms. The second-order valence-corrected chi connectivity index (χ2v) is 7.63. The molecule has 1 N–H and O–H groups in total. The minimum Gasteiger partial charge on any atom is -0.496 e. The van der Waals surface area contributed by atoms with Crippen molar-refractivity contribution in [2.45, 2.75) is 50.1 Å². The summed E-state index contributed by atoms with van der Waals surface area (Å²) >= 11 is 0. The Kier molecular flexibility index (Phi) is 4.84. The number of carbonyl (C=O) groups excluding carboxylic acids is 1. The molecule has 136 valence electrons. The second kappa shape index (κ2) is 7.24. The van der Waals surface area contributed by atoms with Gasteiger partial charge in [-0.15, -0.1) is 0 Å². The monoisotopic (exact) mass is 343 g/mol. The summed E-state index contributed by atoms with van der Waals surface area (Å²) in [6.45, 7) is 4.19. The van der Waals surface area contributed by atoms with E-state index in [4.69, 9.17) is 4.74 Å². The number of nitrogens with zero attached hydrogens (tertiary/aromatic N) is 2. The smallest absolute Gasteiger partial charge is 0.317 e. The van der Waals surface area contributed by atoms with E-state index in [1.54, 1.807) is 7.11 Å². The topological polar surface area (TPSA) is 44.8 Å². The Morgan fingerprint density at radius 3 is 2.76 bits per heavy atom. The lowest BCUT2D eigenvalue weighted by molar-refractivity contribution is 0.125. The summed E-state index contributed by atoms with van der Waals surface area (Å²) in [5.74, 6) is 1.32. The van der Waals surface area contributed by atoms with E-state index in [2.05, 4.69) is 16.3 Å². The van der Waals surface area contributed by atoms with E-state index in [1.807, 2.05) is 23.1 Å². The van der Waals surface area contributed by atoms with Gasteiger partial charge in [0.1, 0.15) is 5.75 Å². The minimum atomic E-state index is 0.117. The number of ether oxygens (including phenoxy) is 1. The SMILES string of the molecule is COc1ccccc1C1CC1NC(=O)N1CCCC(N2CCCC2)C1. The molecule has 3 atom stereocenters. The number of methoxy groups -OCH3 is 1. The number of amides is 2. The highest BCUT2D eigenvalue weighted by atomic mass is 16.5. The van der Waals surface area contributed by atoms with Crippen LogP contribution in [-0.4, -0.2) is 61.2 Å². The Morgan fingerprint density at radius 1 is 1.16 bits per heavy atom. The van der Waals surface area contributed by atoms with Gasteiger partial charge in [-0.05, 0) is 56.8 Å². The van der Waals surface area contributed by atoms with Gasteiger partial charge >= 0.3 is 6.03 Å². The molecule has 2 heterocycles. The van der Waals surface area contributed by atoms with Crippen molar-refractivity contribution in [1.29, 1.82) is 0 Å². The molecule has 2 amide bonds. The summed E-state index contributed by atoms with van der Waals surface area (Å²) in [5, 5.41) is 3.25. The van der Waals surface area contributed by atoms with Crippen molar-refractivity contribution in [2.24, 2.45) is 0 Å². The molecule has 1 aromatic rings. The van der Waals surface area contributed by atoms with E-state index in [1.165, 1.54) is 37.9 Å². The third kappa shape index (κ3) is 3.61. The molecule has 1 aliphatic carbocycles. The van der Waals surface area contributed by atoms with Crippen molar-refractivity contribution >= 4 is 6.03 Å². The summed E-state index contributed by atoms with van der Waals surface area (Å²) in [4.78, 5) is 17.3. The summed E-state index contributed by atoms with van der Waals surface area (Å²) < 4.78 is 5.46. The van der Waals surface area contributed by atoms with Crippen LogP contribution in [0.5, 0.6) is 5.75 Å². The summed E-state index contributed by atoms with van der Waals surface area (Å²) in [5.41, 5.74) is 1.21. The molecular weight excluding hydrogens is 314 g/mol. The maximum absolute atomic E-state index is 12.7. The van der Waals surface area contributed by atoms with Gasteiger partial charge in [-0.25, -0.2) is 4.79 Å². The zero-order valence-corrected chi connectivity index (χ0v) is 15.1. The fourth-order valence-electron chi connectivity index (χ4n) is 4.46. The Morgan fingerprint density at radius 2 is 1.96 bits per heavy atom. The minimum absolute atomic E-state index is 0.117. The van der Waals surface area contributed by atoms with Crippen LogP contribution in [-0.2, 0) is 0 Å². The molecule has 3 unspecified atom stereocenters. The number of nitrogens with one attached hydrogen (secondary N) is 1. The molecular formula is C20H29N3O2. The maximum Gasteiger partial charge on any atom is 0.317 e. The Labute approximate surface area is 150 Å². The molecule has 1 saturated carbocycles. The molecule has 0 spiro atoms. The van der Waals surface area contributed by atoms with Crippen molar-refractivity contribution in [3.05, 3.63) is 29.8 Å². The highest BCUT2D eigenvalue weighted by molar-refractivity contribution is 5.75. The summed E-state index contributed by atoms with van der Waals surface area (Å²) in [6, 6.07) is 9.07. The first-order valence-electron chi connectivity index (χ1n) is 9.68. The number of rotatable bonds is 4. The quantitative estimate of drug-likeness (QED) is 0.914. The van der Waals surface area contributed by atoms with E-state index in [0.717, 1.165) is 31.7 Å². The van der Waals surface area contributed by atoms with Crippen LogP contribution in [0.15, 0.2) is 24.3 Å². The third-order valence-electron chi connectivity index (χ3n) is 5.98. The van der Waals surface area contributed by atoms with E-state index < -0.39 is 0 Å². The van der Waals surface area contributed by atoms with Gasteiger partial charge in [0.05, 0.1) is 7.11 Å². The van der Waals surface area contributed by atoms with Crippen molar-refractivity contribution < 1.29 is 9.53 Å². The molecule has 5 nitrogen and oxygen atoms in total. The van der Waals surface area contributed by atoms with Gasteiger partial charge in [0.2, 0.25) is 0 Å². The number of para-hydroxylation sites is 1. The van der Waals surface area contributed by atoms with E-state index in [0.29, 0.717) is 12.0 Å². The first-order chi connectivity index (χ1) is 12.3. The van der Waals surface area contributed by atoms with Gasteiger partial charge in [0.25, 0.3) is 0 Å². The average molecular weight is 343 g/mol. The van der Waals surface area contributed by atoms with Crippen LogP contribution in [0, 0.1) is 0 Å². The third-order valence-corrected chi connectivity index (χ3v) is 5.98. The molecule has 0 bridgehead atoms. The van der Waals surface area contributed by atoms with Crippen LogP contribution in [0.2, 0.25) is 0 Å². The van der Waals surface area contributed by atoms with E-state index >= 15 is 0 Å². The lowest BCUT2D eigenvalue weighted by atomic mass is 10.0. The predicted octanol–water partition coefficient (Wildman–Crippen LogP) is 2.82. The number of hydrogen-bond acceptors (Lipinski definition) is 3. The number of piperidine rings is 1. The first kappa shape index (κ1) is 16.7. The largest absolute Gasteiger partial charge is 0.496 e. The van der Waals surface area contributed by atoms with Crippen LogP contribution in [0.4, 0.5) is 4.79 Å². The molecule has 1 aromatic carbocycles. The van der Waals surface area contributed by atoms with Gasteiger partial charge < -0.3 is 15.0 Å². The predicted molar refractivity (Wildman–Crippen MR) is 98.1 cm³/mol. The van der Waals surface area contributed by atoms with Gasteiger partial charge in [-0.1, -0.05) is 18.2 Å². The number of urea groups is 1. The second-order valence-electron chi connectivity index (χ2n) is 7.63. The Bertz CT molecular complexity index is 615. The standard InChI is InChI=1S/C20H29N3O2/c1-25-19-9-3-2-8-16(19)17-13-18(17)21-20(24)23-12-6-7-15(14-23)22-10-4-5-11-22/h2-3,8-9,15,17-18H,4-7,10-14H2,1H3,(H,21,24). The number of carbonyl (C=O) groups is 1.